The summed E-state index contributed by atoms with van der Waals surface area (Å²) in [7, 11) is -3.63. The van der Waals surface area contributed by atoms with Crippen molar-refractivity contribution in [2.75, 3.05) is 19.8 Å². The number of hydrogen-bond acceptors (Lipinski definition) is 5. The summed E-state index contributed by atoms with van der Waals surface area (Å²) in [6, 6.07) is 4.50. The van der Waals surface area contributed by atoms with Gasteiger partial charge < -0.3 is 14.6 Å². The lowest BCUT2D eigenvalue weighted by molar-refractivity contribution is 0.186. The van der Waals surface area contributed by atoms with Crippen LogP contribution in [0.2, 0.25) is 0 Å². The van der Waals surface area contributed by atoms with E-state index >= 15 is 0 Å². The molecule has 1 aromatic rings. The maximum atomic E-state index is 12.2. The van der Waals surface area contributed by atoms with E-state index in [2.05, 4.69) is 4.72 Å². The molecule has 0 amide bonds. The van der Waals surface area contributed by atoms with Crippen molar-refractivity contribution < 1.29 is 23.0 Å². The van der Waals surface area contributed by atoms with E-state index in [1.165, 1.54) is 12.1 Å². The van der Waals surface area contributed by atoms with Crippen molar-refractivity contribution in [2.45, 2.75) is 38.2 Å². The summed E-state index contributed by atoms with van der Waals surface area (Å²) >= 11 is 0. The summed E-state index contributed by atoms with van der Waals surface area (Å²) in [4.78, 5) is 0.111. The zero-order chi connectivity index (χ0) is 15.9. The van der Waals surface area contributed by atoms with Crippen molar-refractivity contribution in [3.8, 4) is 11.5 Å². The van der Waals surface area contributed by atoms with Gasteiger partial charge in [0.25, 0.3) is 0 Å². The fourth-order valence-corrected chi connectivity index (χ4v) is 2.75. The van der Waals surface area contributed by atoms with Crippen LogP contribution in [0, 0.1) is 0 Å². The second kappa shape index (κ2) is 8.21. The van der Waals surface area contributed by atoms with E-state index in [9.17, 15) is 8.42 Å². The lowest BCUT2D eigenvalue weighted by atomic mass is 10.3. The molecule has 1 aromatic carbocycles. The molecule has 0 fully saturated rings. The molecule has 6 nitrogen and oxygen atoms in total. The Kier molecular flexibility index (Phi) is 6.94. The number of nitrogens with one attached hydrogen (secondary N) is 1. The van der Waals surface area contributed by atoms with Crippen molar-refractivity contribution in [1.29, 1.82) is 0 Å². The van der Waals surface area contributed by atoms with Gasteiger partial charge in [0.05, 0.1) is 24.2 Å². The summed E-state index contributed by atoms with van der Waals surface area (Å²) in [6.45, 7) is 6.34. The first-order valence-electron chi connectivity index (χ1n) is 6.98. The number of aliphatic hydroxyl groups excluding tert-OH is 1. The molecule has 1 unspecified atom stereocenters. The summed E-state index contributed by atoms with van der Waals surface area (Å²) in [5.74, 6) is 0.917. The molecule has 0 radical (unpaired) electrons. The van der Waals surface area contributed by atoms with Crippen LogP contribution in [0.5, 0.6) is 11.5 Å². The molecular formula is C14H23NO5S. The van der Waals surface area contributed by atoms with Gasteiger partial charge >= 0.3 is 0 Å². The van der Waals surface area contributed by atoms with Crippen molar-refractivity contribution in [3.63, 3.8) is 0 Å². The monoisotopic (exact) mass is 317 g/mol. The predicted octanol–water partition coefficient (Wildman–Crippen LogP) is 1.53. The van der Waals surface area contributed by atoms with E-state index in [1.54, 1.807) is 13.0 Å². The molecule has 0 aliphatic carbocycles. The van der Waals surface area contributed by atoms with Gasteiger partial charge in [-0.25, -0.2) is 13.1 Å². The Morgan fingerprint density at radius 1 is 1.19 bits per heavy atom. The Labute approximate surface area is 126 Å². The van der Waals surface area contributed by atoms with Crippen LogP contribution in [-0.4, -0.2) is 39.4 Å². The third kappa shape index (κ3) is 5.53. The summed E-state index contributed by atoms with van der Waals surface area (Å²) in [6.07, 6.45) is -0.193. The fourth-order valence-electron chi connectivity index (χ4n) is 1.68. The maximum Gasteiger partial charge on any atom is 0.240 e. The first-order chi connectivity index (χ1) is 9.90. The highest BCUT2D eigenvalue weighted by Gasteiger charge is 2.17. The second-order valence-electron chi connectivity index (χ2n) is 4.51. The van der Waals surface area contributed by atoms with Gasteiger partial charge in [0.1, 0.15) is 0 Å². The zero-order valence-electron chi connectivity index (χ0n) is 12.6. The Morgan fingerprint density at radius 3 is 2.38 bits per heavy atom. The summed E-state index contributed by atoms with van der Waals surface area (Å²) < 4.78 is 37.6. The van der Waals surface area contributed by atoms with Crippen molar-refractivity contribution >= 4 is 10.0 Å². The molecule has 0 aliphatic rings. The van der Waals surface area contributed by atoms with Crippen molar-refractivity contribution in [2.24, 2.45) is 0 Å². The molecule has 0 aromatic heterocycles. The topological polar surface area (TPSA) is 84.9 Å². The summed E-state index contributed by atoms with van der Waals surface area (Å²) in [5.41, 5.74) is 0. The predicted molar refractivity (Wildman–Crippen MR) is 80.3 cm³/mol. The van der Waals surface area contributed by atoms with Crippen molar-refractivity contribution in [1.82, 2.24) is 4.72 Å². The third-order valence-corrected chi connectivity index (χ3v) is 4.14. The van der Waals surface area contributed by atoms with E-state index in [0.717, 1.165) is 0 Å². The Hall–Kier alpha value is -1.31. The minimum absolute atomic E-state index is 0.111. The van der Waals surface area contributed by atoms with E-state index in [-0.39, 0.29) is 11.4 Å². The molecule has 0 spiro atoms. The minimum atomic E-state index is -3.63. The average molecular weight is 317 g/mol. The van der Waals surface area contributed by atoms with Gasteiger partial charge in [-0.15, -0.1) is 0 Å². The lowest BCUT2D eigenvalue weighted by Gasteiger charge is -2.13. The van der Waals surface area contributed by atoms with Crippen LogP contribution in [0.3, 0.4) is 0 Å². The van der Waals surface area contributed by atoms with Gasteiger partial charge in [0, 0.05) is 12.6 Å². The first kappa shape index (κ1) is 17.7. The van der Waals surface area contributed by atoms with Crippen LogP contribution in [0.15, 0.2) is 23.1 Å². The van der Waals surface area contributed by atoms with E-state index in [1.807, 2.05) is 13.8 Å². The number of rotatable bonds is 9. The Balaban J connectivity index is 2.93. The first-order valence-corrected chi connectivity index (χ1v) is 8.46. The van der Waals surface area contributed by atoms with Crippen LogP contribution in [0.1, 0.15) is 27.2 Å². The number of benzene rings is 1. The smallest absolute Gasteiger partial charge is 0.240 e. The normalized spacial score (nSPS) is 13.0. The van der Waals surface area contributed by atoms with Gasteiger partial charge in [-0.05, 0) is 39.3 Å². The molecule has 0 saturated carbocycles. The molecule has 0 aliphatic heterocycles. The van der Waals surface area contributed by atoms with Crippen LogP contribution >= 0.6 is 0 Å². The van der Waals surface area contributed by atoms with Gasteiger partial charge in [0.2, 0.25) is 10.0 Å². The minimum Gasteiger partial charge on any atom is -0.490 e. The molecule has 7 heteroatoms. The molecule has 0 heterocycles. The van der Waals surface area contributed by atoms with Crippen LogP contribution in [0.4, 0.5) is 0 Å². The highest BCUT2D eigenvalue weighted by atomic mass is 32.2. The fraction of sp³-hybridized carbons (Fsp3) is 0.571. The van der Waals surface area contributed by atoms with E-state index in [0.29, 0.717) is 31.1 Å². The van der Waals surface area contributed by atoms with Gasteiger partial charge in [-0.2, -0.15) is 0 Å². The molecule has 1 rings (SSSR count). The van der Waals surface area contributed by atoms with Gasteiger partial charge in [-0.1, -0.05) is 0 Å². The molecule has 2 N–H and O–H groups in total. The largest absolute Gasteiger partial charge is 0.490 e. The maximum absolute atomic E-state index is 12.2. The van der Waals surface area contributed by atoms with Crippen molar-refractivity contribution in [3.05, 3.63) is 18.2 Å². The standard InChI is InChI=1S/C14H23NO5S/c1-4-19-13-7-6-12(10-14(13)20-5-2)21(17,18)15-9-8-11(3)16/h6-7,10-11,15-16H,4-5,8-9H2,1-3H3. The highest BCUT2D eigenvalue weighted by molar-refractivity contribution is 7.89. The number of aliphatic hydroxyl groups is 1. The number of ether oxygens (including phenoxy) is 2. The molecule has 0 bridgehead atoms. The van der Waals surface area contributed by atoms with E-state index in [4.69, 9.17) is 14.6 Å². The molecule has 1 atom stereocenters. The van der Waals surface area contributed by atoms with Crippen LogP contribution in [-0.2, 0) is 10.0 Å². The zero-order valence-corrected chi connectivity index (χ0v) is 13.4. The molecular weight excluding hydrogens is 294 g/mol. The quantitative estimate of drug-likeness (QED) is 0.721. The molecule has 120 valence electrons. The highest BCUT2D eigenvalue weighted by Crippen LogP contribution is 2.30. The number of hydrogen-bond donors (Lipinski definition) is 2. The Bertz CT molecular complexity index is 542. The van der Waals surface area contributed by atoms with Gasteiger partial charge in [-0.3, -0.25) is 0 Å². The Morgan fingerprint density at radius 2 is 1.81 bits per heavy atom. The average Bonchev–Trinajstić information content (AvgIpc) is 2.40. The summed E-state index contributed by atoms with van der Waals surface area (Å²) in [5, 5.41) is 9.16. The second-order valence-corrected chi connectivity index (χ2v) is 6.28. The third-order valence-electron chi connectivity index (χ3n) is 2.68. The lowest BCUT2D eigenvalue weighted by Crippen LogP contribution is -2.26. The molecule has 0 saturated heterocycles. The van der Waals surface area contributed by atoms with E-state index < -0.39 is 16.1 Å². The molecule has 21 heavy (non-hydrogen) atoms. The number of sulfonamides is 1. The van der Waals surface area contributed by atoms with Gasteiger partial charge in [0.15, 0.2) is 11.5 Å². The van der Waals surface area contributed by atoms with Crippen LogP contribution < -0.4 is 14.2 Å². The SMILES string of the molecule is CCOc1ccc(S(=O)(=O)NCCC(C)O)cc1OCC. The van der Waals surface area contributed by atoms with Crippen LogP contribution in [0.25, 0.3) is 0 Å².